The minimum Gasteiger partial charge on any atom is -0.477 e. The molecule has 0 aromatic heterocycles. The summed E-state index contributed by atoms with van der Waals surface area (Å²) in [6.45, 7) is 13.6. The third kappa shape index (κ3) is 4.26. The van der Waals surface area contributed by atoms with Crippen LogP contribution in [0.1, 0.15) is 38.8 Å². The maximum absolute atomic E-state index is 12.1. The van der Waals surface area contributed by atoms with Crippen LogP contribution in [0.5, 0.6) is 0 Å². The third-order valence-electron chi connectivity index (χ3n) is 5.23. The Morgan fingerprint density at radius 2 is 1.79 bits per heavy atom. The molecule has 3 atom stereocenters. The Balaban J connectivity index is 0.000000345. The fraction of sp³-hybridized carbons (Fsp3) is 0.524. The highest BCUT2D eigenvalue weighted by atomic mass is 32.2. The van der Waals surface area contributed by atoms with Gasteiger partial charge in [0, 0.05) is 4.91 Å². The molecule has 28 heavy (non-hydrogen) atoms. The minimum atomic E-state index is -1.11. The van der Waals surface area contributed by atoms with E-state index in [2.05, 4.69) is 25.7 Å². The number of hydrogen-bond donors (Lipinski definition) is 2. The molecular weight excluding hydrogens is 376 g/mol. The topological polar surface area (TPSA) is 81.1 Å². The number of thioether (sulfide) groups is 1. The predicted molar refractivity (Wildman–Crippen MR) is 113 cm³/mol. The van der Waals surface area contributed by atoms with Crippen molar-refractivity contribution >= 4 is 28.5 Å². The Kier molecular flexibility index (Phi) is 7.69. The Morgan fingerprint density at radius 1 is 1.21 bits per heavy atom. The van der Waals surface area contributed by atoms with Crippen molar-refractivity contribution in [3.8, 4) is 0 Å². The summed E-state index contributed by atoms with van der Waals surface area (Å²) in [6, 6.07) is 7.50. The van der Waals surface area contributed by atoms with Gasteiger partial charge in [-0.05, 0) is 44.6 Å². The first kappa shape index (κ1) is 22.5. The largest absolute Gasteiger partial charge is 0.477 e. The normalized spacial score (nSPS) is 21.8. The van der Waals surface area contributed by atoms with Gasteiger partial charge in [0.25, 0.3) is 0 Å². The first-order valence-electron chi connectivity index (χ1n) is 9.72. The number of aryl methyl sites for hydroxylation is 1. The van der Waals surface area contributed by atoms with E-state index in [0.29, 0.717) is 4.91 Å². The number of aliphatic hydroxyl groups is 1. The van der Waals surface area contributed by atoms with E-state index in [-0.39, 0.29) is 17.0 Å². The molecule has 0 bridgehead atoms. The molecular formula is C21H30N2O4S. The molecule has 0 spiro atoms. The van der Waals surface area contributed by atoms with Crippen LogP contribution in [0.15, 0.2) is 30.0 Å². The third-order valence-corrected chi connectivity index (χ3v) is 6.63. The van der Waals surface area contributed by atoms with Crippen LogP contribution in [-0.4, -0.2) is 63.0 Å². The number of benzene rings is 1. The van der Waals surface area contributed by atoms with Crippen molar-refractivity contribution < 1.29 is 19.8 Å². The quantitative estimate of drug-likeness (QED) is 0.707. The van der Waals surface area contributed by atoms with E-state index in [0.717, 1.165) is 11.1 Å². The van der Waals surface area contributed by atoms with Gasteiger partial charge in [-0.1, -0.05) is 56.8 Å². The molecule has 2 heterocycles. The molecule has 0 radical (unpaired) electrons. The van der Waals surface area contributed by atoms with Crippen LogP contribution in [0.3, 0.4) is 0 Å². The number of aliphatic hydroxyl groups excluding tert-OH is 1. The van der Waals surface area contributed by atoms with Gasteiger partial charge in [-0.15, -0.1) is 0 Å². The summed E-state index contributed by atoms with van der Waals surface area (Å²) in [5.74, 6) is -1.96. The van der Waals surface area contributed by atoms with Gasteiger partial charge < -0.3 is 15.1 Å². The van der Waals surface area contributed by atoms with Gasteiger partial charge in [-0.3, -0.25) is 9.69 Å². The van der Waals surface area contributed by atoms with E-state index in [1.807, 2.05) is 31.2 Å². The number of aliphatic carboxylic acids is 1. The fourth-order valence-corrected chi connectivity index (χ4v) is 5.17. The van der Waals surface area contributed by atoms with E-state index in [9.17, 15) is 19.8 Å². The fourth-order valence-electron chi connectivity index (χ4n) is 3.47. The summed E-state index contributed by atoms with van der Waals surface area (Å²) < 4.78 is 0. The molecule has 1 saturated heterocycles. The van der Waals surface area contributed by atoms with Crippen molar-refractivity contribution in [2.75, 3.05) is 19.6 Å². The second kappa shape index (κ2) is 9.58. The van der Waals surface area contributed by atoms with Crippen LogP contribution in [0, 0.1) is 12.8 Å². The molecule has 154 valence electrons. The van der Waals surface area contributed by atoms with E-state index in [4.69, 9.17) is 0 Å². The standard InChI is InChI=1S/C15H15NO4S.C6H15N/c1-7-5-3-4-6-9(7)12-11(15(19)20)16-13(18)10(8(2)17)14(16)21-12;1-4-7(5-2)6-3/h3-6,8,10,14,17H,1-2H3,(H,19,20);4-6H2,1-3H3/t8-,10+,14-;/m1./s1. The zero-order valence-electron chi connectivity index (χ0n) is 17.2. The van der Waals surface area contributed by atoms with E-state index >= 15 is 0 Å². The molecule has 0 aliphatic carbocycles. The molecule has 0 saturated carbocycles. The number of carboxylic acid groups (broad SMARTS) is 1. The average Bonchev–Trinajstić information content (AvgIpc) is 2.99. The van der Waals surface area contributed by atoms with E-state index < -0.39 is 18.0 Å². The van der Waals surface area contributed by atoms with Crippen LogP contribution < -0.4 is 0 Å². The van der Waals surface area contributed by atoms with Crippen molar-refractivity contribution in [2.45, 2.75) is 46.1 Å². The molecule has 2 aliphatic heterocycles. The molecule has 1 fully saturated rings. The lowest BCUT2D eigenvalue weighted by Gasteiger charge is -2.43. The predicted octanol–water partition coefficient (Wildman–Crippen LogP) is 3.01. The van der Waals surface area contributed by atoms with E-state index in [1.165, 1.54) is 36.3 Å². The molecule has 2 N–H and O–H groups in total. The number of nitrogens with zero attached hydrogens (tertiary/aromatic N) is 2. The minimum absolute atomic E-state index is 0.0289. The maximum atomic E-state index is 12.1. The van der Waals surface area contributed by atoms with Gasteiger partial charge >= 0.3 is 5.97 Å². The summed E-state index contributed by atoms with van der Waals surface area (Å²) >= 11 is 1.35. The molecule has 3 rings (SSSR count). The average molecular weight is 407 g/mol. The Bertz CT molecular complexity index is 753. The molecule has 1 aromatic rings. The summed E-state index contributed by atoms with van der Waals surface area (Å²) in [5.41, 5.74) is 1.81. The highest BCUT2D eigenvalue weighted by molar-refractivity contribution is 8.09. The molecule has 7 heteroatoms. The summed E-state index contributed by atoms with van der Waals surface area (Å²) in [5, 5.41) is 18.9. The Hall–Kier alpha value is -1.83. The lowest BCUT2D eigenvalue weighted by molar-refractivity contribution is -0.156. The molecule has 6 nitrogen and oxygen atoms in total. The zero-order valence-corrected chi connectivity index (χ0v) is 18.0. The zero-order chi connectivity index (χ0) is 21.0. The highest BCUT2D eigenvalue weighted by Gasteiger charge is 2.57. The molecule has 1 amide bonds. The van der Waals surface area contributed by atoms with Gasteiger partial charge in [-0.25, -0.2) is 4.79 Å². The van der Waals surface area contributed by atoms with Crippen molar-refractivity contribution in [2.24, 2.45) is 5.92 Å². The first-order valence-corrected chi connectivity index (χ1v) is 10.6. The van der Waals surface area contributed by atoms with E-state index in [1.54, 1.807) is 6.92 Å². The first-order chi connectivity index (χ1) is 13.3. The van der Waals surface area contributed by atoms with Crippen LogP contribution in [0.4, 0.5) is 0 Å². The van der Waals surface area contributed by atoms with Crippen LogP contribution in [-0.2, 0) is 9.59 Å². The van der Waals surface area contributed by atoms with Crippen molar-refractivity contribution in [1.29, 1.82) is 0 Å². The van der Waals surface area contributed by atoms with Crippen molar-refractivity contribution in [3.05, 3.63) is 41.1 Å². The summed E-state index contributed by atoms with van der Waals surface area (Å²) in [6.07, 6.45) is -0.780. The Morgan fingerprint density at radius 3 is 2.21 bits per heavy atom. The number of carboxylic acids is 1. The summed E-state index contributed by atoms with van der Waals surface area (Å²) in [4.78, 5) is 28.0. The monoisotopic (exact) mass is 406 g/mol. The lowest BCUT2D eigenvalue weighted by atomic mass is 9.92. The second-order valence-electron chi connectivity index (χ2n) is 6.90. The van der Waals surface area contributed by atoms with Crippen molar-refractivity contribution in [1.82, 2.24) is 9.80 Å². The van der Waals surface area contributed by atoms with Gasteiger partial charge in [0.1, 0.15) is 11.1 Å². The highest BCUT2D eigenvalue weighted by Crippen LogP contribution is 2.54. The van der Waals surface area contributed by atoms with Crippen LogP contribution >= 0.6 is 11.8 Å². The second-order valence-corrected chi connectivity index (χ2v) is 8.03. The number of carbonyl (C=O) groups excluding carboxylic acids is 1. The van der Waals surface area contributed by atoms with Crippen molar-refractivity contribution in [3.63, 3.8) is 0 Å². The molecule has 1 aromatic carbocycles. The maximum Gasteiger partial charge on any atom is 0.353 e. The number of β-lactam (4-membered cyclic amide) rings is 1. The number of fused-ring (bicyclic) bond motifs is 1. The molecule has 0 unspecified atom stereocenters. The summed E-state index contributed by atoms with van der Waals surface area (Å²) in [7, 11) is 0. The number of amides is 1. The molecule has 2 aliphatic rings. The lowest BCUT2D eigenvalue weighted by Crippen LogP contribution is -2.60. The van der Waals surface area contributed by atoms with Gasteiger partial charge in [0.2, 0.25) is 5.91 Å². The van der Waals surface area contributed by atoms with Crippen LogP contribution in [0.25, 0.3) is 4.91 Å². The van der Waals surface area contributed by atoms with Gasteiger partial charge in [0.05, 0.1) is 12.0 Å². The van der Waals surface area contributed by atoms with Gasteiger partial charge in [0.15, 0.2) is 0 Å². The number of rotatable bonds is 6. The number of carbonyl (C=O) groups is 2. The SMILES string of the molecule is CCN(CC)CC.Cc1ccccc1C1=C(C(=O)O)N2C(=O)[C@H]([C@@H](C)O)[C@H]2S1. The smallest absolute Gasteiger partial charge is 0.353 e. The Labute approximate surface area is 171 Å². The van der Waals surface area contributed by atoms with Crippen LogP contribution in [0.2, 0.25) is 0 Å². The van der Waals surface area contributed by atoms with Gasteiger partial charge in [-0.2, -0.15) is 0 Å². The number of hydrogen-bond acceptors (Lipinski definition) is 5.